The number of likely N-dealkylation sites (tertiary alicyclic amines) is 1. The minimum atomic E-state index is -0.283. The van der Waals surface area contributed by atoms with Gasteiger partial charge >= 0.3 is 5.97 Å². The first-order valence-corrected chi connectivity index (χ1v) is 8.66. The predicted molar refractivity (Wildman–Crippen MR) is 92.8 cm³/mol. The topological polar surface area (TPSA) is 45.3 Å². The summed E-state index contributed by atoms with van der Waals surface area (Å²) in [7, 11) is 2.24. The number of aromatic nitrogens is 1. The molecule has 3 rings (SSSR count). The maximum Gasteiger partial charge on any atom is 0.354 e. The third kappa shape index (κ3) is 3.75. The molecule has 2 aromatic rings. The van der Waals surface area contributed by atoms with Gasteiger partial charge in [0, 0.05) is 16.9 Å². The van der Waals surface area contributed by atoms with Gasteiger partial charge in [0.2, 0.25) is 0 Å². The van der Waals surface area contributed by atoms with Gasteiger partial charge in [-0.3, -0.25) is 0 Å². The van der Waals surface area contributed by atoms with Gasteiger partial charge in [-0.2, -0.15) is 0 Å². The molecule has 124 valence electrons. The number of rotatable bonds is 6. The predicted octanol–water partition coefficient (Wildman–Crippen LogP) is 3.76. The molecule has 2 heterocycles. The molecule has 1 fully saturated rings. The highest BCUT2D eigenvalue weighted by molar-refractivity contribution is 5.94. The van der Waals surface area contributed by atoms with Gasteiger partial charge in [0.05, 0.1) is 6.61 Å². The summed E-state index contributed by atoms with van der Waals surface area (Å²) < 4.78 is 5.04. The number of H-pyrrole nitrogens is 1. The average Bonchev–Trinajstić information content (AvgIpc) is 3.13. The first kappa shape index (κ1) is 16.1. The summed E-state index contributed by atoms with van der Waals surface area (Å²) in [5.41, 5.74) is 2.88. The number of carbonyl (C=O) groups excluding carboxylic acids is 1. The molecule has 23 heavy (non-hydrogen) atoms. The van der Waals surface area contributed by atoms with Gasteiger partial charge in [-0.1, -0.05) is 12.1 Å². The Kier molecular flexibility index (Phi) is 5.01. The molecule has 0 aliphatic carbocycles. The van der Waals surface area contributed by atoms with E-state index in [0.29, 0.717) is 12.3 Å². The van der Waals surface area contributed by atoms with Crippen molar-refractivity contribution in [3.8, 4) is 0 Å². The van der Waals surface area contributed by atoms with E-state index in [2.05, 4.69) is 35.1 Å². The summed E-state index contributed by atoms with van der Waals surface area (Å²) in [6.07, 6.45) is 6.26. The van der Waals surface area contributed by atoms with E-state index in [9.17, 15) is 4.79 Å². The van der Waals surface area contributed by atoms with Gasteiger partial charge < -0.3 is 14.6 Å². The monoisotopic (exact) mass is 314 g/mol. The van der Waals surface area contributed by atoms with Crippen molar-refractivity contribution in [2.75, 3.05) is 20.2 Å². The molecule has 0 bridgehead atoms. The molecule has 4 heteroatoms. The van der Waals surface area contributed by atoms with Crippen LogP contribution in [-0.4, -0.2) is 42.1 Å². The maximum absolute atomic E-state index is 11.8. The average molecular weight is 314 g/mol. The second-order valence-electron chi connectivity index (χ2n) is 6.49. The zero-order chi connectivity index (χ0) is 16.2. The minimum Gasteiger partial charge on any atom is -0.461 e. The number of hydrogen-bond acceptors (Lipinski definition) is 3. The van der Waals surface area contributed by atoms with Crippen LogP contribution in [0.25, 0.3) is 10.9 Å². The number of carbonyl (C=O) groups is 1. The highest BCUT2D eigenvalue weighted by Crippen LogP contribution is 2.22. The van der Waals surface area contributed by atoms with Crippen molar-refractivity contribution < 1.29 is 9.53 Å². The lowest BCUT2D eigenvalue weighted by atomic mass is 10.0. The van der Waals surface area contributed by atoms with E-state index in [1.807, 2.05) is 13.0 Å². The SMILES string of the molecule is CCOC(=O)c1cc2ccc(CCCC3CCCN3C)cc2[nH]1. The summed E-state index contributed by atoms with van der Waals surface area (Å²) in [5.74, 6) is -0.283. The largest absolute Gasteiger partial charge is 0.461 e. The molecule has 1 atom stereocenters. The molecule has 0 saturated carbocycles. The molecule has 0 amide bonds. The first-order valence-electron chi connectivity index (χ1n) is 8.66. The lowest BCUT2D eigenvalue weighted by Crippen LogP contribution is -2.24. The van der Waals surface area contributed by atoms with Crippen molar-refractivity contribution >= 4 is 16.9 Å². The van der Waals surface area contributed by atoms with Crippen LogP contribution < -0.4 is 0 Å². The van der Waals surface area contributed by atoms with Gasteiger partial charge in [0.25, 0.3) is 0 Å². The van der Waals surface area contributed by atoms with Crippen LogP contribution in [0.1, 0.15) is 48.7 Å². The molecule has 1 unspecified atom stereocenters. The highest BCUT2D eigenvalue weighted by atomic mass is 16.5. The van der Waals surface area contributed by atoms with Crippen molar-refractivity contribution in [3.63, 3.8) is 0 Å². The smallest absolute Gasteiger partial charge is 0.354 e. The van der Waals surface area contributed by atoms with E-state index in [0.717, 1.165) is 23.4 Å². The van der Waals surface area contributed by atoms with Crippen LogP contribution >= 0.6 is 0 Å². The number of aromatic amines is 1. The number of ether oxygens (including phenoxy) is 1. The third-order valence-electron chi connectivity index (χ3n) is 4.86. The van der Waals surface area contributed by atoms with Gasteiger partial charge in [-0.25, -0.2) is 4.79 Å². The molecule has 1 aliphatic rings. The fraction of sp³-hybridized carbons (Fsp3) is 0.526. The normalized spacial score (nSPS) is 18.6. The van der Waals surface area contributed by atoms with Crippen LogP contribution in [0.4, 0.5) is 0 Å². The van der Waals surface area contributed by atoms with Crippen LogP contribution in [0.2, 0.25) is 0 Å². The number of hydrogen-bond donors (Lipinski definition) is 1. The molecule has 0 spiro atoms. The number of nitrogens with zero attached hydrogens (tertiary/aromatic N) is 1. The molecular formula is C19H26N2O2. The quantitative estimate of drug-likeness (QED) is 0.826. The Morgan fingerprint density at radius 3 is 3.00 bits per heavy atom. The van der Waals surface area contributed by atoms with Gasteiger partial charge in [0.1, 0.15) is 5.69 Å². The summed E-state index contributed by atoms with van der Waals surface area (Å²) in [6.45, 7) is 3.46. The zero-order valence-electron chi connectivity index (χ0n) is 14.1. The zero-order valence-corrected chi connectivity index (χ0v) is 14.1. The minimum absolute atomic E-state index is 0.283. The van der Waals surface area contributed by atoms with Crippen molar-refractivity contribution in [2.45, 2.75) is 45.1 Å². The Bertz CT molecular complexity index is 677. The van der Waals surface area contributed by atoms with E-state index >= 15 is 0 Å². The number of esters is 1. The number of benzene rings is 1. The molecule has 1 N–H and O–H groups in total. The van der Waals surface area contributed by atoms with E-state index in [1.54, 1.807) is 0 Å². The van der Waals surface area contributed by atoms with Crippen LogP contribution in [0.5, 0.6) is 0 Å². The Balaban J connectivity index is 1.62. The summed E-state index contributed by atoms with van der Waals surface area (Å²) in [6, 6.07) is 9.05. The van der Waals surface area contributed by atoms with E-state index in [-0.39, 0.29) is 5.97 Å². The fourth-order valence-corrected chi connectivity index (χ4v) is 3.53. The maximum atomic E-state index is 11.8. The lowest BCUT2D eigenvalue weighted by Gasteiger charge is -2.18. The number of aryl methyl sites for hydroxylation is 1. The Morgan fingerprint density at radius 2 is 2.26 bits per heavy atom. The fourth-order valence-electron chi connectivity index (χ4n) is 3.53. The molecule has 1 aliphatic heterocycles. The molecule has 0 radical (unpaired) electrons. The van der Waals surface area contributed by atoms with E-state index in [4.69, 9.17) is 4.74 Å². The van der Waals surface area contributed by atoms with Crippen molar-refractivity contribution in [1.82, 2.24) is 9.88 Å². The third-order valence-corrected chi connectivity index (χ3v) is 4.86. The standard InChI is InChI=1S/C19H26N2O2/c1-3-23-19(22)18-13-15-10-9-14(12-17(15)20-18)6-4-7-16-8-5-11-21(16)2/h9-10,12-13,16,20H,3-8,11H2,1-2H3. The second-order valence-corrected chi connectivity index (χ2v) is 6.49. The van der Waals surface area contributed by atoms with E-state index < -0.39 is 0 Å². The number of fused-ring (bicyclic) bond motifs is 1. The second kappa shape index (κ2) is 7.18. The Morgan fingerprint density at radius 1 is 1.39 bits per heavy atom. The van der Waals surface area contributed by atoms with Gasteiger partial charge in [0.15, 0.2) is 0 Å². The highest BCUT2D eigenvalue weighted by Gasteiger charge is 2.19. The van der Waals surface area contributed by atoms with Gasteiger partial charge in [-0.05, 0) is 70.3 Å². The van der Waals surface area contributed by atoms with E-state index in [1.165, 1.54) is 37.8 Å². The van der Waals surface area contributed by atoms with Crippen LogP contribution in [0.15, 0.2) is 24.3 Å². The Labute approximate surface area is 137 Å². The van der Waals surface area contributed by atoms with Crippen LogP contribution in [0, 0.1) is 0 Å². The first-order chi connectivity index (χ1) is 11.2. The van der Waals surface area contributed by atoms with Gasteiger partial charge in [-0.15, -0.1) is 0 Å². The van der Waals surface area contributed by atoms with Crippen LogP contribution in [-0.2, 0) is 11.2 Å². The van der Waals surface area contributed by atoms with Crippen molar-refractivity contribution in [2.24, 2.45) is 0 Å². The summed E-state index contributed by atoms with van der Waals surface area (Å²) in [4.78, 5) is 17.5. The van der Waals surface area contributed by atoms with Crippen molar-refractivity contribution in [1.29, 1.82) is 0 Å². The molecule has 1 aromatic heterocycles. The molecule has 1 aromatic carbocycles. The van der Waals surface area contributed by atoms with Crippen LogP contribution in [0.3, 0.4) is 0 Å². The Hall–Kier alpha value is -1.81. The molecule has 4 nitrogen and oxygen atoms in total. The number of nitrogens with one attached hydrogen (secondary N) is 1. The van der Waals surface area contributed by atoms with Crippen molar-refractivity contribution in [3.05, 3.63) is 35.5 Å². The summed E-state index contributed by atoms with van der Waals surface area (Å²) >= 11 is 0. The molecular weight excluding hydrogens is 288 g/mol. The molecule has 1 saturated heterocycles. The summed E-state index contributed by atoms with van der Waals surface area (Å²) in [5, 5.41) is 1.06. The lowest BCUT2D eigenvalue weighted by molar-refractivity contribution is 0.0520.